The zero-order valence-electron chi connectivity index (χ0n) is 5.43. The Hall–Kier alpha value is 0.01000. The summed E-state index contributed by atoms with van der Waals surface area (Å²) in [6, 6.07) is 0. The topological polar surface area (TPSA) is 9.23 Å². The normalized spacial score (nSPS) is 18.1. The van der Waals surface area contributed by atoms with E-state index in [4.69, 9.17) is 4.74 Å². The molecule has 0 aromatic carbocycles. The fourth-order valence-corrected chi connectivity index (χ4v) is 2.24. The van der Waals surface area contributed by atoms with E-state index in [0.717, 1.165) is 12.4 Å². The summed E-state index contributed by atoms with van der Waals surface area (Å²) in [6.07, 6.45) is 4.25. The number of hydrogen-bond donors (Lipinski definition) is 0. The summed E-state index contributed by atoms with van der Waals surface area (Å²) < 4.78 is 8.80. The van der Waals surface area contributed by atoms with Crippen molar-refractivity contribution in [3.05, 3.63) is 22.0 Å². The molecule has 1 rings (SSSR count). The molecule has 0 spiro atoms. The molecule has 0 unspecified atom stereocenters. The van der Waals surface area contributed by atoms with E-state index in [-0.39, 0.29) is 21.2 Å². The van der Waals surface area contributed by atoms with Crippen molar-refractivity contribution < 1.29 is 25.9 Å². The van der Waals surface area contributed by atoms with Gasteiger partial charge in [-0.3, -0.25) is 0 Å². The second kappa shape index (κ2) is 3.93. The summed E-state index contributed by atoms with van der Waals surface area (Å²) in [5.41, 5.74) is 0. The van der Waals surface area contributed by atoms with Gasteiger partial charge in [0.2, 0.25) is 0 Å². The Morgan fingerprint density at radius 2 is 2.67 bits per heavy atom. The fourth-order valence-electron chi connectivity index (χ4n) is 0.615. The summed E-state index contributed by atoms with van der Waals surface area (Å²) in [7, 11) is 0. The molecule has 2 heteroatoms. The van der Waals surface area contributed by atoms with Gasteiger partial charge in [0.1, 0.15) is 0 Å². The molecule has 0 radical (unpaired) electrons. The van der Waals surface area contributed by atoms with Crippen LogP contribution in [0, 0.1) is 0 Å². The first-order valence-corrected chi connectivity index (χ1v) is 5.78. The van der Waals surface area contributed by atoms with E-state index in [9.17, 15) is 0 Å². The molecule has 1 aliphatic rings. The van der Waals surface area contributed by atoms with Crippen molar-refractivity contribution in [1.82, 2.24) is 0 Å². The first-order valence-electron chi connectivity index (χ1n) is 3.00. The summed E-state index contributed by atoms with van der Waals surface area (Å²) in [6.45, 7) is 2.81. The molecule has 0 N–H and O–H groups in total. The molecule has 0 aromatic rings. The van der Waals surface area contributed by atoms with E-state index in [1.54, 1.807) is 0 Å². The number of ether oxygens (including phenoxy) is 1. The SMILES string of the molecule is CCOC1=C[I-]CC=C1. The van der Waals surface area contributed by atoms with Crippen molar-refractivity contribution in [3.8, 4) is 0 Å². The molecule has 1 aliphatic heterocycles. The second-order valence-electron chi connectivity index (χ2n) is 1.66. The van der Waals surface area contributed by atoms with Gasteiger partial charge in [-0.1, -0.05) is 0 Å². The monoisotopic (exact) mass is 237 g/mol. The van der Waals surface area contributed by atoms with Crippen molar-refractivity contribution >= 4 is 0 Å². The quantitative estimate of drug-likeness (QED) is 0.420. The minimum absolute atomic E-state index is 0.288. The van der Waals surface area contributed by atoms with Gasteiger partial charge in [0.15, 0.2) is 0 Å². The molecule has 0 saturated carbocycles. The molecule has 0 aromatic heterocycles. The molecule has 0 amide bonds. The first-order chi connectivity index (χ1) is 4.43. The van der Waals surface area contributed by atoms with Crippen LogP contribution in [0.1, 0.15) is 6.92 Å². The Bertz CT molecular complexity index is 138. The fraction of sp³-hybridized carbons (Fsp3) is 0.429. The maximum atomic E-state index is 5.28. The Morgan fingerprint density at radius 1 is 1.78 bits per heavy atom. The molecule has 0 bridgehead atoms. The summed E-state index contributed by atoms with van der Waals surface area (Å²) in [4.78, 5) is 0. The van der Waals surface area contributed by atoms with Gasteiger partial charge in [-0.25, -0.2) is 0 Å². The van der Waals surface area contributed by atoms with Crippen LogP contribution >= 0.6 is 0 Å². The van der Waals surface area contributed by atoms with Gasteiger partial charge in [0.25, 0.3) is 0 Å². The maximum absolute atomic E-state index is 5.28. The van der Waals surface area contributed by atoms with E-state index in [0.29, 0.717) is 0 Å². The van der Waals surface area contributed by atoms with Crippen LogP contribution in [0.25, 0.3) is 0 Å². The Balaban J connectivity index is 2.38. The van der Waals surface area contributed by atoms with Crippen molar-refractivity contribution in [2.24, 2.45) is 0 Å². The van der Waals surface area contributed by atoms with E-state index >= 15 is 0 Å². The van der Waals surface area contributed by atoms with Crippen LogP contribution in [0.4, 0.5) is 0 Å². The zero-order chi connectivity index (χ0) is 6.53. The number of hydrogen-bond acceptors (Lipinski definition) is 1. The predicted octanol–water partition coefficient (Wildman–Crippen LogP) is -1.48. The first kappa shape index (κ1) is 7.12. The van der Waals surface area contributed by atoms with Crippen LogP contribution in [-0.2, 0) is 4.74 Å². The van der Waals surface area contributed by atoms with E-state index in [1.165, 1.54) is 4.43 Å². The second-order valence-corrected chi connectivity index (χ2v) is 4.04. The van der Waals surface area contributed by atoms with Gasteiger partial charge in [0.05, 0.1) is 0 Å². The zero-order valence-corrected chi connectivity index (χ0v) is 7.59. The number of alkyl halides is 1. The molecule has 0 aliphatic carbocycles. The molecule has 0 fully saturated rings. The van der Waals surface area contributed by atoms with E-state index in [1.807, 2.05) is 6.92 Å². The molecular formula is C7H10IO-. The summed E-state index contributed by atoms with van der Waals surface area (Å²) in [5, 5.41) is 0. The Kier molecular flexibility index (Phi) is 3.11. The van der Waals surface area contributed by atoms with Crippen LogP contribution in [0.3, 0.4) is 0 Å². The third-order valence-corrected chi connectivity index (χ3v) is 3.03. The van der Waals surface area contributed by atoms with Gasteiger partial charge in [-0.05, 0) is 0 Å². The molecular weight excluding hydrogens is 227 g/mol. The van der Waals surface area contributed by atoms with E-state index < -0.39 is 0 Å². The van der Waals surface area contributed by atoms with Crippen LogP contribution < -0.4 is 21.2 Å². The molecule has 1 nitrogen and oxygen atoms in total. The van der Waals surface area contributed by atoms with E-state index in [2.05, 4.69) is 16.2 Å². The van der Waals surface area contributed by atoms with Crippen LogP contribution in [0.5, 0.6) is 0 Å². The Morgan fingerprint density at radius 3 is 3.22 bits per heavy atom. The number of rotatable bonds is 2. The van der Waals surface area contributed by atoms with Gasteiger partial charge in [0, 0.05) is 0 Å². The van der Waals surface area contributed by atoms with Crippen LogP contribution in [0.15, 0.2) is 22.0 Å². The average molecular weight is 237 g/mol. The predicted molar refractivity (Wildman–Crippen MR) is 33.7 cm³/mol. The summed E-state index contributed by atoms with van der Waals surface area (Å²) in [5.74, 6) is 1.08. The van der Waals surface area contributed by atoms with Gasteiger partial charge < -0.3 is 0 Å². The van der Waals surface area contributed by atoms with Crippen molar-refractivity contribution in [1.29, 1.82) is 0 Å². The molecule has 9 heavy (non-hydrogen) atoms. The van der Waals surface area contributed by atoms with Crippen molar-refractivity contribution in [2.75, 3.05) is 11.0 Å². The van der Waals surface area contributed by atoms with Crippen LogP contribution in [0.2, 0.25) is 0 Å². The number of allylic oxidation sites excluding steroid dienone is 2. The Labute approximate surface area is 66.0 Å². The van der Waals surface area contributed by atoms with Gasteiger partial charge in [-0.15, -0.1) is 0 Å². The minimum atomic E-state index is 0.288. The summed E-state index contributed by atoms with van der Waals surface area (Å²) >= 11 is 0.288. The molecule has 1 heterocycles. The average Bonchev–Trinajstić information content (AvgIpc) is 1.91. The molecule has 0 atom stereocenters. The van der Waals surface area contributed by atoms with Gasteiger partial charge >= 0.3 is 65.9 Å². The number of halogens is 1. The third kappa shape index (κ3) is 2.39. The molecule has 0 saturated heterocycles. The van der Waals surface area contributed by atoms with Gasteiger partial charge in [-0.2, -0.15) is 0 Å². The third-order valence-electron chi connectivity index (χ3n) is 0.956. The standard InChI is InChI=1S/C7H10IO/c1-2-9-7-4-3-5-8-6-7/h3-4,6H,2,5H2,1H3/q-1. The van der Waals surface area contributed by atoms with Crippen LogP contribution in [-0.4, -0.2) is 11.0 Å². The van der Waals surface area contributed by atoms with Crippen molar-refractivity contribution in [2.45, 2.75) is 6.92 Å². The molecule has 52 valence electrons. The van der Waals surface area contributed by atoms with Crippen molar-refractivity contribution in [3.63, 3.8) is 0 Å².